The van der Waals surface area contributed by atoms with Crippen LogP contribution >= 0.6 is 11.8 Å². The second kappa shape index (κ2) is 7.63. The number of rotatable bonds is 5. The summed E-state index contributed by atoms with van der Waals surface area (Å²) in [7, 11) is 1.32. The molecule has 0 amide bonds. The lowest BCUT2D eigenvalue weighted by Crippen LogP contribution is -2.19. The number of methoxy groups -OCH3 is 1. The van der Waals surface area contributed by atoms with Gasteiger partial charge in [-0.3, -0.25) is 0 Å². The Kier molecular flexibility index (Phi) is 5.04. The molecule has 1 aliphatic rings. The van der Waals surface area contributed by atoms with E-state index in [1.54, 1.807) is 6.92 Å². The number of nitrogens with zero attached hydrogens (tertiary/aromatic N) is 3. The van der Waals surface area contributed by atoms with E-state index in [0.29, 0.717) is 22.0 Å². The molecule has 0 aliphatic heterocycles. The maximum Gasteiger partial charge on any atom is 0.346 e. The number of fused-ring (bicyclic) bond motifs is 1. The van der Waals surface area contributed by atoms with Gasteiger partial charge in [0.25, 0.3) is 0 Å². The lowest BCUT2D eigenvalue weighted by molar-refractivity contribution is 0.0594. The average molecular weight is 396 g/mol. The molecule has 0 spiro atoms. The normalized spacial score (nSPS) is 12.8. The number of aryl methyl sites for hydroxylation is 1. The van der Waals surface area contributed by atoms with Crippen LogP contribution in [-0.2, 0) is 23.3 Å². The van der Waals surface area contributed by atoms with Gasteiger partial charge in [-0.25, -0.2) is 14.3 Å². The van der Waals surface area contributed by atoms with E-state index in [1.165, 1.54) is 30.1 Å². The topological polar surface area (TPSA) is 89.9 Å². The number of hydrogen-bond acceptors (Lipinski definition) is 6. The number of para-hydroxylation sites is 1. The van der Waals surface area contributed by atoms with Crippen molar-refractivity contribution in [1.29, 1.82) is 0 Å². The van der Waals surface area contributed by atoms with Gasteiger partial charge >= 0.3 is 11.7 Å². The van der Waals surface area contributed by atoms with Gasteiger partial charge in [-0.2, -0.15) is 10.1 Å². The molecule has 0 radical (unpaired) electrons. The van der Waals surface area contributed by atoms with Crippen molar-refractivity contribution in [2.24, 2.45) is 0 Å². The second-order valence-electron chi connectivity index (χ2n) is 6.60. The molecular weight excluding hydrogens is 376 g/mol. The lowest BCUT2D eigenvalue weighted by atomic mass is 10.2. The van der Waals surface area contributed by atoms with Crippen molar-refractivity contribution in [3.05, 3.63) is 69.0 Å². The second-order valence-corrected chi connectivity index (χ2v) is 7.56. The molecule has 1 N–H and O–H groups in total. The number of hydrogen-bond donors (Lipinski definition) is 1. The summed E-state index contributed by atoms with van der Waals surface area (Å²) in [6.45, 7) is 1.67. The summed E-state index contributed by atoms with van der Waals surface area (Å²) in [6, 6.07) is 10.1. The molecule has 2 heterocycles. The smallest absolute Gasteiger partial charge is 0.346 e. The van der Waals surface area contributed by atoms with Crippen LogP contribution in [0.15, 0.2) is 40.2 Å². The van der Waals surface area contributed by atoms with Crippen molar-refractivity contribution in [3.8, 4) is 5.69 Å². The van der Waals surface area contributed by atoms with E-state index in [9.17, 15) is 9.59 Å². The fourth-order valence-electron chi connectivity index (χ4n) is 3.56. The summed E-state index contributed by atoms with van der Waals surface area (Å²) in [5, 5.41) is 5.19. The van der Waals surface area contributed by atoms with Crippen LogP contribution in [0, 0.1) is 6.92 Å². The molecule has 8 heteroatoms. The van der Waals surface area contributed by atoms with Crippen LogP contribution in [0.3, 0.4) is 0 Å². The summed E-state index contributed by atoms with van der Waals surface area (Å²) in [6.07, 6.45) is 3.09. The third kappa shape index (κ3) is 3.35. The summed E-state index contributed by atoms with van der Waals surface area (Å²) in [5.41, 5.74) is 4.78. The zero-order chi connectivity index (χ0) is 19.7. The molecule has 4 rings (SSSR count). The van der Waals surface area contributed by atoms with E-state index >= 15 is 0 Å². The highest BCUT2D eigenvalue weighted by Gasteiger charge is 2.24. The molecule has 1 aliphatic carbocycles. The third-order valence-corrected chi connectivity index (χ3v) is 5.82. The van der Waals surface area contributed by atoms with Crippen LogP contribution < -0.4 is 5.69 Å². The molecule has 28 heavy (non-hydrogen) atoms. The molecule has 144 valence electrons. The monoisotopic (exact) mass is 396 g/mol. The molecule has 0 atom stereocenters. The number of aromatic amines is 1. The predicted octanol–water partition coefficient (Wildman–Crippen LogP) is 2.83. The SMILES string of the molecule is COC(=O)c1c(SCc2nn(-c3ccccc3)c3c2CCC3)nc(=O)[nH]c1C. The van der Waals surface area contributed by atoms with Gasteiger partial charge in [0, 0.05) is 17.1 Å². The zero-order valence-corrected chi connectivity index (χ0v) is 16.5. The number of benzene rings is 1. The largest absolute Gasteiger partial charge is 0.465 e. The van der Waals surface area contributed by atoms with E-state index in [2.05, 4.69) is 9.97 Å². The number of esters is 1. The number of thioether (sulfide) groups is 1. The Morgan fingerprint density at radius 3 is 2.82 bits per heavy atom. The Morgan fingerprint density at radius 1 is 1.29 bits per heavy atom. The van der Waals surface area contributed by atoms with Gasteiger partial charge in [0.1, 0.15) is 10.6 Å². The van der Waals surface area contributed by atoms with Crippen molar-refractivity contribution in [2.75, 3.05) is 7.11 Å². The molecule has 3 aromatic rings. The first-order chi connectivity index (χ1) is 13.6. The lowest BCUT2D eigenvalue weighted by Gasteiger charge is -2.08. The van der Waals surface area contributed by atoms with E-state index in [4.69, 9.17) is 9.84 Å². The van der Waals surface area contributed by atoms with Crippen LogP contribution in [0.4, 0.5) is 0 Å². The van der Waals surface area contributed by atoms with E-state index in [-0.39, 0.29) is 0 Å². The highest BCUT2D eigenvalue weighted by Crippen LogP contribution is 2.32. The standard InChI is InChI=1S/C20H20N4O3S/c1-12-17(19(25)27-2)18(22-20(26)21-12)28-11-15-14-9-6-10-16(14)24(23-15)13-7-4-3-5-8-13/h3-5,7-8H,6,9-11H2,1-2H3,(H,21,22,26). The van der Waals surface area contributed by atoms with Crippen molar-refractivity contribution in [1.82, 2.24) is 19.7 Å². The van der Waals surface area contributed by atoms with Crippen LogP contribution in [0.25, 0.3) is 5.69 Å². The maximum atomic E-state index is 12.1. The Morgan fingerprint density at radius 2 is 2.07 bits per heavy atom. The molecular formula is C20H20N4O3S. The van der Waals surface area contributed by atoms with Gasteiger partial charge in [0.2, 0.25) is 0 Å². The number of nitrogens with one attached hydrogen (secondary N) is 1. The Balaban J connectivity index is 1.67. The maximum absolute atomic E-state index is 12.1. The van der Waals surface area contributed by atoms with Gasteiger partial charge in [-0.15, -0.1) is 0 Å². The summed E-state index contributed by atoms with van der Waals surface area (Å²) < 4.78 is 6.86. The van der Waals surface area contributed by atoms with Crippen LogP contribution in [-0.4, -0.2) is 32.8 Å². The van der Waals surface area contributed by atoms with Crippen molar-refractivity contribution in [3.63, 3.8) is 0 Å². The molecule has 0 bridgehead atoms. The minimum Gasteiger partial charge on any atom is -0.465 e. The minimum absolute atomic E-state index is 0.297. The number of ether oxygens (including phenoxy) is 1. The Hall–Kier alpha value is -2.87. The number of H-pyrrole nitrogens is 1. The predicted molar refractivity (Wildman–Crippen MR) is 106 cm³/mol. The fourth-order valence-corrected chi connectivity index (χ4v) is 4.59. The van der Waals surface area contributed by atoms with Gasteiger partial charge in [0.15, 0.2) is 0 Å². The molecule has 7 nitrogen and oxygen atoms in total. The number of carbonyl (C=O) groups is 1. The number of aromatic nitrogens is 4. The first-order valence-electron chi connectivity index (χ1n) is 9.05. The molecule has 0 unspecified atom stereocenters. The average Bonchev–Trinajstić information content (AvgIpc) is 3.29. The van der Waals surface area contributed by atoms with Crippen LogP contribution in [0.2, 0.25) is 0 Å². The van der Waals surface area contributed by atoms with Gasteiger partial charge in [0.05, 0.1) is 18.5 Å². The quantitative estimate of drug-likeness (QED) is 0.405. The Bertz CT molecular complexity index is 1090. The van der Waals surface area contributed by atoms with Crippen molar-refractivity contribution in [2.45, 2.75) is 37.0 Å². The zero-order valence-electron chi connectivity index (χ0n) is 15.7. The van der Waals surface area contributed by atoms with Gasteiger partial charge in [-0.1, -0.05) is 30.0 Å². The fraction of sp³-hybridized carbons (Fsp3) is 0.300. The molecule has 2 aromatic heterocycles. The first kappa shape index (κ1) is 18.5. The van der Waals surface area contributed by atoms with E-state index in [1.807, 2.05) is 35.0 Å². The van der Waals surface area contributed by atoms with Gasteiger partial charge in [-0.05, 0) is 43.9 Å². The first-order valence-corrected chi connectivity index (χ1v) is 10.0. The summed E-state index contributed by atoms with van der Waals surface area (Å²) in [4.78, 5) is 30.5. The molecule has 0 saturated carbocycles. The van der Waals surface area contributed by atoms with Gasteiger partial charge < -0.3 is 9.72 Å². The molecule has 0 saturated heterocycles. The van der Waals surface area contributed by atoms with Crippen LogP contribution in [0.5, 0.6) is 0 Å². The van der Waals surface area contributed by atoms with Crippen LogP contribution in [0.1, 0.15) is 39.4 Å². The van der Waals surface area contributed by atoms with E-state index < -0.39 is 11.7 Å². The highest BCUT2D eigenvalue weighted by atomic mass is 32.2. The summed E-state index contributed by atoms with van der Waals surface area (Å²) >= 11 is 1.34. The minimum atomic E-state index is -0.510. The van der Waals surface area contributed by atoms with E-state index in [0.717, 1.165) is 30.6 Å². The Labute approximate surface area is 166 Å². The number of carbonyl (C=O) groups excluding carboxylic acids is 1. The molecule has 1 aromatic carbocycles. The summed E-state index contributed by atoms with van der Waals surface area (Å²) in [5.74, 6) is 0.0194. The van der Waals surface area contributed by atoms with Crippen molar-refractivity contribution < 1.29 is 9.53 Å². The highest BCUT2D eigenvalue weighted by molar-refractivity contribution is 7.98. The molecule has 0 fully saturated rings. The third-order valence-electron chi connectivity index (χ3n) is 4.84. The van der Waals surface area contributed by atoms with Crippen molar-refractivity contribution >= 4 is 17.7 Å².